The fourth-order valence-electron chi connectivity index (χ4n) is 6.06. The van der Waals surface area contributed by atoms with E-state index < -0.39 is 71.3 Å². The molecule has 2 bridgehead atoms. The van der Waals surface area contributed by atoms with Gasteiger partial charge in [0.15, 0.2) is 5.69 Å². The molecule has 3 heterocycles. The predicted molar refractivity (Wildman–Crippen MR) is 146 cm³/mol. The summed E-state index contributed by atoms with van der Waals surface area (Å²) in [5.41, 5.74) is -1.24. The number of carbonyl (C=O) groups excluding carboxylic acids is 3. The van der Waals surface area contributed by atoms with Gasteiger partial charge in [-0.1, -0.05) is 34.1 Å². The standard InChI is InChI=1S/C30H37F3N4O5/c1-5-18-21(15-38)37-14-23(18)41-26-24(34-19-10-9-17(31)13-20(19)35-26)30(32,33)11-7-6-8-16-12-22(16)42-28(40)36-25(27(37)39)29(2,3)4/h9-10,13,15-16,18,21-23,25H,5-8,11-12,14H2,1-4H3,(H,36,40)/t16-,18+,21-,22-,23+,25-/m1/s1. The number of amides is 2. The molecule has 12 heteroatoms. The quantitative estimate of drug-likeness (QED) is 0.482. The van der Waals surface area contributed by atoms with Crippen LogP contribution >= 0.6 is 0 Å². The molecule has 228 valence electrons. The van der Waals surface area contributed by atoms with Crippen LogP contribution in [0.1, 0.15) is 71.9 Å². The van der Waals surface area contributed by atoms with E-state index >= 15 is 8.78 Å². The number of benzene rings is 1. The Kier molecular flexibility index (Phi) is 8.10. The first-order valence-electron chi connectivity index (χ1n) is 14.6. The number of hydrogen-bond donors (Lipinski definition) is 1. The number of nitrogens with zero attached hydrogens (tertiary/aromatic N) is 3. The van der Waals surface area contributed by atoms with Gasteiger partial charge < -0.3 is 24.5 Å². The van der Waals surface area contributed by atoms with Gasteiger partial charge in [-0.15, -0.1) is 0 Å². The largest absolute Gasteiger partial charge is 0.471 e. The average Bonchev–Trinajstić information content (AvgIpc) is 3.55. The predicted octanol–water partition coefficient (Wildman–Crippen LogP) is 5.15. The lowest BCUT2D eigenvalue weighted by Gasteiger charge is -2.34. The van der Waals surface area contributed by atoms with Gasteiger partial charge in [0.2, 0.25) is 11.8 Å². The number of carbonyl (C=O) groups is 3. The Hall–Kier alpha value is -3.44. The van der Waals surface area contributed by atoms with Gasteiger partial charge in [-0.2, -0.15) is 8.78 Å². The monoisotopic (exact) mass is 590 g/mol. The van der Waals surface area contributed by atoms with Gasteiger partial charge in [0.05, 0.1) is 23.6 Å². The van der Waals surface area contributed by atoms with Gasteiger partial charge in [-0.3, -0.25) is 4.79 Å². The maximum absolute atomic E-state index is 15.7. The van der Waals surface area contributed by atoms with E-state index in [0.717, 1.165) is 12.1 Å². The van der Waals surface area contributed by atoms with Crippen molar-refractivity contribution in [3.63, 3.8) is 0 Å². The van der Waals surface area contributed by atoms with Crippen LogP contribution < -0.4 is 10.1 Å². The zero-order valence-corrected chi connectivity index (χ0v) is 24.2. The summed E-state index contributed by atoms with van der Waals surface area (Å²) in [7, 11) is 0. The molecule has 2 aromatic rings. The molecule has 42 heavy (non-hydrogen) atoms. The molecule has 1 aromatic heterocycles. The SMILES string of the molecule is CC[C@@H]1[C@@H]2CN(C(=O)[C@H](C(C)(C)C)NC(=O)O[C@@H]3C[C@H]3CCCCC(F)(F)c3nc4ccc(F)cc4nc3O2)[C@@H]1C=O. The van der Waals surface area contributed by atoms with E-state index in [2.05, 4.69) is 15.3 Å². The smallest absolute Gasteiger partial charge is 0.408 e. The lowest BCUT2D eigenvalue weighted by Crippen LogP contribution is -2.56. The van der Waals surface area contributed by atoms with Crippen LogP contribution in [0.4, 0.5) is 18.0 Å². The molecule has 1 aliphatic carbocycles. The Balaban J connectivity index is 1.57. The first-order valence-corrected chi connectivity index (χ1v) is 14.6. The fourth-order valence-corrected chi connectivity index (χ4v) is 6.06. The van der Waals surface area contributed by atoms with Crippen LogP contribution in [0, 0.1) is 23.1 Å². The van der Waals surface area contributed by atoms with Crippen molar-refractivity contribution in [1.82, 2.24) is 20.2 Å². The maximum Gasteiger partial charge on any atom is 0.408 e. The molecule has 1 saturated heterocycles. The molecule has 0 radical (unpaired) electrons. The highest BCUT2D eigenvalue weighted by molar-refractivity contribution is 5.89. The van der Waals surface area contributed by atoms with E-state index in [1.165, 1.54) is 11.0 Å². The number of fused-ring (bicyclic) bond motifs is 5. The van der Waals surface area contributed by atoms with Gasteiger partial charge >= 0.3 is 6.09 Å². The topological polar surface area (TPSA) is 111 Å². The van der Waals surface area contributed by atoms with Crippen molar-refractivity contribution in [2.45, 2.75) is 96.4 Å². The lowest BCUT2D eigenvalue weighted by molar-refractivity contribution is -0.139. The Morgan fingerprint density at radius 3 is 2.57 bits per heavy atom. The molecular formula is C30H37F3N4O5. The summed E-state index contributed by atoms with van der Waals surface area (Å²) in [6.07, 6.45) is 0.474. The summed E-state index contributed by atoms with van der Waals surface area (Å²) in [4.78, 5) is 48.9. The van der Waals surface area contributed by atoms with Crippen molar-refractivity contribution < 1.29 is 37.0 Å². The second-order valence-electron chi connectivity index (χ2n) is 12.7. The number of nitrogens with one attached hydrogen (secondary N) is 1. The first-order chi connectivity index (χ1) is 19.8. The first kappa shape index (κ1) is 30.0. The van der Waals surface area contributed by atoms with E-state index in [0.29, 0.717) is 32.0 Å². The molecule has 5 rings (SSSR count). The second-order valence-corrected chi connectivity index (χ2v) is 12.7. The van der Waals surface area contributed by atoms with Gasteiger partial charge in [0, 0.05) is 18.4 Å². The molecule has 2 fully saturated rings. The molecule has 2 aliphatic heterocycles. The Morgan fingerprint density at radius 1 is 1.12 bits per heavy atom. The van der Waals surface area contributed by atoms with Crippen molar-refractivity contribution in [2.75, 3.05) is 6.54 Å². The lowest BCUT2D eigenvalue weighted by atomic mass is 9.85. The normalized spacial score (nSPS) is 30.2. The highest BCUT2D eigenvalue weighted by Crippen LogP contribution is 2.42. The third kappa shape index (κ3) is 6.03. The van der Waals surface area contributed by atoms with Crippen LogP contribution in [-0.2, 0) is 20.2 Å². The van der Waals surface area contributed by atoms with Crippen LogP contribution in [0.2, 0.25) is 0 Å². The molecule has 0 spiro atoms. The van der Waals surface area contributed by atoms with Crippen molar-refractivity contribution >= 4 is 29.3 Å². The van der Waals surface area contributed by atoms with E-state index in [-0.39, 0.29) is 36.0 Å². The number of hydrogen-bond acceptors (Lipinski definition) is 7. The van der Waals surface area contributed by atoms with Crippen LogP contribution in [0.25, 0.3) is 11.0 Å². The van der Waals surface area contributed by atoms with Crippen molar-refractivity contribution in [3.05, 3.63) is 29.7 Å². The highest BCUT2D eigenvalue weighted by atomic mass is 19.3. The van der Waals surface area contributed by atoms with Crippen LogP contribution in [0.3, 0.4) is 0 Å². The number of aldehydes is 1. The van der Waals surface area contributed by atoms with Crippen LogP contribution in [0.5, 0.6) is 5.88 Å². The fraction of sp³-hybridized carbons (Fsp3) is 0.633. The van der Waals surface area contributed by atoms with Crippen molar-refractivity contribution in [1.29, 1.82) is 0 Å². The third-order valence-electron chi connectivity index (χ3n) is 8.56. The molecule has 3 aliphatic rings. The minimum Gasteiger partial charge on any atom is -0.471 e. The summed E-state index contributed by atoms with van der Waals surface area (Å²) in [5, 5.41) is 2.71. The van der Waals surface area contributed by atoms with E-state index in [4.69, 9.17) is 9.47 Å². The molecule has 2 amide bonds. The van der Waals surface area contributed by atoms with Gasteiger partial charge in [-0.25, -0.2) is 19.2 Å². The van der Waals surface area contributed by atoms with Gasteiger partial charge in [-0.05, 0) is 49.1 Å². The van der Waals surface area contributed by atoms with Crippen molar-refractivity contribution in [2.24, 2.45) is 17.3 Å². The maximum atomic E-state index is 15.7. The minimum absolute atomic E-state index is 0.0490. The molecule has 1 N–H and O–H groups in total. The molecule has 0 unspecified atom stereocenters. The van der Waals surface area contributed by atoms with Gasteiger partial charge in [0.1, 0.15) is 30.4 Å². The van der Waals surface area contributed by atoms with E-state index in [1.807, 2.05) is 0 Å². The van der Waals surface area contributed by atoms with Crippen LogP contribution in [-0.4, -0.2) is 64.0 Å². The third-order valence-corrected chi connectivity index (χ3v) is 8.56. The Labute approximate surface area is 242 Å². The Morgan fingerprint density at radius 2 is 1.88 bits per heavy atom. The molecule has 1 aromatic carbocycles. The number of alkyl carbamates (subject to hydrolysis) is 1. The van der Waals surface area contributed by atoms with Crippen LogP contribution in [0.15, 0.2) is 18.2 Å². The second kappa shape index (κ2) is 11.3. The molecule has 6 atom stereocenters. The summed E-state index contributed by atoms with van der Waals surface area (Å²) >= 11 is 0. The summed E-state index contributed by atoms with van der Waals surface area (Å²) in [5.74, 6) is -5.46. The van der Waals surface area contributed by atoms with Crippen molar-refractivity contribution in [3.8, 4) is 5.88 Å². The number of aromatic nitrogens is 2. The summed E-state index contributed by atoms with van der Waals surface area (Å²) in [6, 6.07) is 1.56. The Bertz CT molecular complexity index is 1370. The highest BCUT2D eigenvalue weighted by Gasteiger charge is 2.50. The summed E-state index contributed by atoms with van der Waals surface area (Å²) < 4.78 is 57.2. The minimum atomic E-state index is -3.41. The van der Waals surface area contributed by atoms with E-state index in [9.17, 15) is 18.8 Å². The molecule has 1 saturated carbocycles. The summed E-state index contributed by atoms with van der Waals surface area (Å²) in [6.45, 7) is 7.06. The number of alkyl halides is 2. The zero-order valence-electron chi connectivity index (χ0n) is 24.2. The van der Waals surface area contributed by atoms with Gasteiger partial charge in [0.25, 0.3) is 5.92 Å². The molecule has 9 nitrogen and oxygen atoms in total. The number of ether oxygens (including phenoxy) is 2. The average molecular weight is 591 g/mol. The number of rotatable bonds is 2. The molecular weight excluding hydrogens is 553 g/mol. The zero-order chi connectivity index (χ0) is 30.4. The van der Waals surface area contributed by atoms with E-state index in [1.54, 1.807) is 27.7 Å². The number of halogens is 3.